The van der Waals surface area contributed by atoms with Crippen molar-refractivity contribution in [3.63, 3.8) is 0 Å². The number of anilines is 1. The summed E-state index contributed by atoms with van der Waals surface area (Å²) in [6, 6.07) is 6.08. The Balaban J connectivity index is 1.92. The van der Waals surface area contributed by atoms with Gasteiger partial charge in [0.25, 0.3) is 0 Å². The third-order valence-electron chi connectivity index (χ3n) is 3.62. The average Bonchev–Trinajstić information content (AvgIpc) is 3.07. The van der Waals surface area contributed by atoms with Crippen LogP contribution in [-0.2, 0) is 9.53 Å². The van der Waals surface area contributed by atoms with E-state index in [4.69, 9.17) is 4.74 Å². The zero-order valence-corrected chi connectivity index (χ0v) is 12.2. The van der Waals surface area contributed by atoms with E-state index in [-0.39, 0.29) is 18.4 Å². The van der Waals surface area contributed by atoms with Gasteiger partial charge in [-0.2, -0.15) is 5.10 Å². The Bertz CT molecular complexity index is 799. The molecule has 0 radical (unpaired) electrons. The van der Waals surface area contributed by atoms with Crippen LogP contribution in [0.25, 0.3) is 0 Å². The highest BCUT2D eigenvalue weighted by Crippen LogP contribution is 2.39. The smallest absolute Gasteiger partial charge is 0.338 e. The van der Waals surface area contributed by atoms with Crippen molar-refractivity contribution in [2.75, 3.05) is 11.9 Å². The fourth-order valence-electron chi connectivity index (χ4n) is 2.68. The number of hydrogen-bond acceptors (Lipinski definition) is 4. The van der Waals surface area contributed by atoms with Gasteiger partial charge in [-0.1, -0.05) is 6.07 Å². The second kappa shape index (κ2) is 4.42. The van der Waals surface area contributed by atoms with Gasteiger partial charge in [0.05, 0.1) is 21.9 Å². The molecule has 2 aliphatic rings. The summed E-state index contributed by atoms with van der Waals surface area (Å²) in [4.78, 5) is 12.0. The lowest BCUT2D eigenvalue weighted by molar-refractivity contribution is -0.136. The lowest BCUT2D eigenvalue weighted by Gasteiger charge is -2.26. The van der Waals surface area contributed by atoms with E-state index in [0.717, 1.165) is 17.1 Å². The number of rotatable bonds is 1. The number of hydrogen-bond donors (Lipinski definition) is 1. The SMILES string of the molecule is O=C1OCC2=C1C(c1ccc(F)c(Br)c1)n1nccc1N2. The van der Waals surface area contributed by atoms with Crippen molar-refractivity contribution < 1.29 is 13.9 Å². The van der Waals surface area contributed by atoms with Crippen LogP contribution in [0.3, 0.4) is 0 Å². The fourth-order valence-corrected chi connectivity index (χ4v) is 3.08. The third-order valence-corrected chi connectivity index (χ3v) is 4.23. The molecule has 0 bridgehead atoms. The molecule has 106 valence electrons. The largest absolute Gasteiger partial charge is 0.456 e. The minimum Gasteiger partial charge on any atom is -0.456 e. The summed E-state index contributed by atoms with van der Waals surface area (Å²) in [6.07, 6.45) is 1.65. The Morgan fingerprint density at radius 3 is 3.10 bits per heavy atom. The molecule has 4 rings (SSSR count). The van der Waals surface area contributed by atoms with E-state index in [1.165, 1.54) is 6.07 Å². The van der Waals surface area contributed by atoms with E-state index in [0.29, 0.717) is 10.0 Å². The first-order chi connectivity index (χ1) is 10.1. The van der Waals surface area contributed by atoms with Crippen LogP contribution in [0.4, 0.5) is 10.2 Å². The van der Waals surface area contributed by atoms with Crippen LogP contribution >= 0.6 is 15.9 Å². The second-order valence-corrected chi connectivity index (χ2v) is 5.68. The van der Waals surface area contributed by atoms with Crippen LogP contribution in [0.5, 0.6) is 0 Å². The number of ether oxygens (including phenoxy) is 1. The molecule has 0 fully saturated rings. The number of nitrogens with zero attached hydrogens (tertiary/aromatic N) is 2. The van der Waals surface area contributed by atoms with Crippen LogP contribution in [0, 0.1) is 5.82 Å². The number of cyclic esters (lactones) is 1. The maximum Gasteiger partial charge on any atom is 0.338 e. The van der Waals surface area contributed by atoms with Crippen LogP contribution in [0.1, 0.15) is 11.6 Å². The van der Waals surface area contributed by atoms with Gasteiger partial charge < -0.3 is 10.1 Å². The van der Waals surface area contributed by atoms with Gasteiger partial charge in [0.2, 0.25) is 0 Å². The molecule has 0 amide bonds. The number of esters is 1. The molecule has 0 saturated carbocycles. The number of fused-ring (bicyclic) bond motifs is 1. The predicted molar refractivity (Wildman–Crippen MR) is 76.1 cm³/mol. The van der Waals surface area contributed by atoms with Crippen molar-refractivity contribution in [2.24, 2.45) is 0 Å². The van der Waals surface area contributed by atoms with Gasteiger partial charge in [0.15, 0.2) is 0 Å². The molecular formula is C14H9BrFN3O2. The summed E-state index contributed by atoms with van der Waals surface area (Å²) in [5, 5.41) is 7.41. The van der Waals surface area contributed by atoms with Gasteiger partial charge in [-0.05, 0) is 33.6 Å². The molecule has 3 heterocycles. The van der Waals surface area contributed by atoms with E-state index in [1.54, 1.807) is 23.0 Å². The van der Waals surface area contributed by atoms with Crippen LogP contribution in [0.15, 0.2) is 46.2 Å². The maximum atomic E-state index is 13.5. The molecule has 2 aliphatic heterocycles. The Labute approximate surface area is 127 Å². The van der Waals surface area contributed by atoms with Crippen LogP contribution < -0.4 is 5.32 Å². The van der Waals surface area contributed by atoms with Crippen LogP contribution in [0.2, 0.25) is 0 Å². The quantitative estimate of drug-likeness (QED) is 0.804. The summed E-state index contributed by atoms with van der Waals surface area (Å²) in [7, 11) is 0. The zero-order valence-electron chi connectivity index (χ0n) is 10.6. The molecule has 0 aliphatic carbocycles. The maximum absolute atomic E-state index is 13.5. The zero-order chi connectivity index (χ0) is 14.6. The molecule has 2 aromatic rings. The van der Waals surface area contributed by atoms with E-state index in [2.05, 4.69) is 26.3 Å². The summed E-state index contributed by atoms with van der Waals surface area (Å²) >= 11 is 3.18. The van der Waals surface area contributed by atoms with Gasteiger partial charge in [-0.25, -0.2) is 13.9 Å². The van der Waals surface area contributed by atoms with Gasteiger partial charge in [0, 0.05) is 6.07 Å². The highest BCUT2D eigenvalue weighted by atomic mass is 79.9. The van der Waals surface area contributed by atoms with Crippen molar-refractivity contribution in [2.45, 2.75) is 6.04 Å². The van der Waals surface area contributed by atoms with Crippen molar-refractivity contribution >= 4 is 27.7 Å². The van der Waals surface area contributed by atoms with E-state index in [1.807, 2.05) is 6.07 Å². The first-order valence-corrected chi connectivity index (χ1v) is 7.10. The summed E-state index contributed by atoms with van der Waals surface area (Å²) in [6.45, 7) is 0.220. The lowest BCUT2D eigenvalue weighted by atomic mass is 9.96. The van der Waals surface area contributed by atoms with Gasteiger partial charge in [-0.3, -0.25) is 0 Å². The molecule has 1 aromatic carbocycles. The fraction of sp³-hybridized carbons (Fsp3) is 0.143. The van der Waals surface area contributed by atoms with Gasteiger partial charge >= 0.3 is 5.97 Å². The Kier molecular flexibility index (Phi) is 2.65. The number of aromatic nitrogens is 2. The molecule has 1 N–H and O–H groups in total. The standard InChI is InChI=1S/C14H9BrFN3O2/c15-8-5-7(1-2-9(8)16)13-12-10(6-21-14(12)20)18-11-3-4-17-19(11)13/h1-5,13,18H,6H2. The number of halogens is 2. The molecule has 1 atom stereocenters. The highest BCUT2D eigenvalue weighted by molar-refractivity contribution is 9.10. The van der Waals surface area contributed by atoms with E-state index >= 15 is 0 Å². The Morgan fingerprint density at radius 2 is 2.29 bits per heavy atom. The van der Waals surface area contributed by atoms with E-state index < -0.39 is 6.04 Å². The summed E-state index contributed by atoms with van der Waals surface area (Å²) in [5.41, 5.74) is 2.02. The molecule has 0 saturated heterocycles. The lowest BCUT2D eigenvalue weighted by Crippen LogP contribution is -2.26. The number of carbonyl (C=O) groups excluding carboxylic acids is 1. The number of benzene rings is 1. The molecule has 21 heavy (non-hydrogen) atoms. The van der Waals surface area contributed by atoms with Crippen molar-refractivity contribution in [1.82, 2.24) is 9.78 Å². The van der Waals surface area contributed by atoms with E-state index in [9.17, 15) is 9.18 Å². The summed E-state index contributed by atoms with van der Waals surface area (Å²) < 4.78 is 20.6. The summed E-state index contributed by atoms with van der Waals surface area (Å²) in [5.74, 6) is 0.0539. The molecule has 7 heteroatoms. The molecule has 0 spiro atoms. The molecule has 1 aromatic heterocycles. The predicted octanol–water partition coefficient (Wildman–Crippen LogP) is 2.61. The van der Waals surface area contributed by atoms with Crippen molar-refractivity contribution in [1.29, 1.82) is 0 Å². The minimum atomic E-state index is -0.418. The topological polar surface area (TPSA) is 56.2 Å². The Hall–Kier alpha value is -2.15. The minimum absolute atomic E-state index is 0.220. The molecular weight excluding hydrogens is 341 g/mol. The number of carbonyl (C=O) groups is 1. The van der Waals surface area contributed by atoms with Gasteiger partial charge in [-0.15, -0.1) is 0 Å². The molecule has 1 unspecified atom stereocenters. The van der Waals surface area contributed by atoms with Gasteiger partial charge in [0.1, 0.15) is 24.3 Å². The highest BCUT2D eigenvalue weighted by Gasteiger charge is 2.38. The van der Waals surface area contributed by atoms with Crippen molar-refractivity contribution in [3.05, 3.63) is 57.6 Å². The number of nitrogens with one attached hydrogen (secondary N) is 1. The average molecular weight is 350 g/mol. The molecule has 5 nitrogen and oxygen atoms in total. The normalized spacial score (nSPS) is 19.9. The first-order valence-electron chi connectivity index (χ1n) is 6.31. The van der Waals surface area contributed by atoms with Crippen molar-refractivity contribution in [3.8, 4) is 0 Å². The second-order valence-electron chi connectivity index (χ2n) is 4.83. The Morgan fingerprint density at radius 1 is 1.43 bits per heavy atom. The van der Waals surface area contributed by atoms with Crippen LogP contribution in [-0.4, -0.2) is 22.4 Å². The first kappa shape index (κ1) is 12.6. The third kappa shape index (κ3) is 1.80. The monoisotopic (exact) mass is 349 g/mol.